The van der Waals surface area contributed by atoms with Crippen LogP contribution >= 0.6 is 12.2 Å². The van der Waals surface area contributed by atoms with E-state index in [1.165, 1.54) is 16.2 Å². The number of hydrogen-bond acceptors (Lipinski definition) is 4. The Morgan fingerprint density at radius 2 is 2.21 bits per heavy atom. The lowest BCUT2D eigenvalue weighted by molar-refractivity contribution is -0.118. The molecule has 0 radical (unpaired) electrons. The molecule has 1 aromatic carbocycles. The molecule has 0 spiro atoms. The summed E-state index contributed by atoms with van der Waals surface area (Å²) in [5.74, 6) is 0.0819. The number of benzene rings is 1. The van der Waals surface area contributed by atoms with Crippen molar-refractivity contribution in [2.24, 2.45) is 5.73 Å². The number of carbonyl (C=O) groups is 1. The first-order valence-electron chi connectivity index (χ1n) is 7.50. The number of rotatable bonds is 4. The maximum atomic E-state index is 11.9. The number of ether oxygens (including phenoxy) is 1. The Balaban J connectivity index is 2.29. The molecule has 1 aliphatic rings. The minimum absolute atomic E-state index is 0.124. The summed E-state index contributed by atoms with van der Waals surface area (Å²) >= 11 is 5.19. The standard InChI is InChI=1S/C17H17N3O3S/c1-23-14-7-11-5-3-2-4-10(11)6-12(14)13-8-16(22)19-17(24)20(13)9-15(18)21/h2,4,6-8H,3,5,9H2,1H3,(H2,18,21)(H,19,22,24). The molecule has 0 unspecified atom stereocenters. The van der Waals surface area contributed by atoms with Crippen LogP contribution in [0, 0.1) is 4.77 Å². The monoisotopic (exact) mass is 343 g/mol. The largest absolute Gasteiger partial charge is 0.496 e. The third-order valence-corrected chi connectivity index (χ3v) is 4.29. The zero-order chi connectivity index (χ0) is 17.3. The maximum absolute atomic E-state index is 11.9. The number of H-pyrrole nitrogens is 1. The van der Waals surface area contributed by atoms with Crippen molar-refractivity contribution in [3.63, 3.8) is 0 Å². The summed E-state index contributed by atoms with van der Waals surface area (Å²) in [6.45, 7) is -0.124. The fraction of sp³-hybridized carbons (Fsp3) is 0.235. The minimum atomic E-state index is -0.545. The van der Waals surface area contributed by atoms with Crippen LogP contribution in [-0.4, -0.2) is 22.6 Å². The predicted molar refractivity (Wildman–Crippen MR) is 94.4 cm³/mol. The summed E-state index contributed by atoms with van der Waals surface area (Å²) < 4.78 is 7.16. The fourth-order valence-electron chi connectivity index (χ4n) is 2.88. The number of aryl methyl sites for hydroxylation is 1. The molecule has 0 aliphatic heterocycles. The number of fused-ring (bicyclic) bond motifs is 1. The zero-order valence-electron chi connectivity index (χ0n) is 13.2. The fourth-order valence-corrected chi connectivity index (χ4v) is 3.15. The number of aromatic amines is 1. The SMILES string of the molecule is COc1cc2c(cc1-c1cc(=O)[nH]c(=S)n1CC(N)=O)C=CCC2. The molecule has 0 saturated heterocycles. The summed E-state index contributed by atoms with van der Waals surface area (Å²) in [7, 11) is 1.57. The van der Waals surface area contributed by atoms with E-state index in [-0.39, 0.29) is 16.9 Å². The van der Waals surface area contributed by atoms with Crippen LogP contribution in [0.3, 0.4) is 0 Å². The Kier molecular flexibility index (Phi) is 4.35. The number of aromatic nitrogens is 2. The Labute approximate surface area is 143 Å². The summed E-state index contributed by atoms with van der Waals surface area (Å²) in [6, 6.07) is 5.31. The van der Waals surface area contributed by atoms with E-state index in [9.17, 15) is 9.59 Å². The summed E-state index contributed by atoms with van der Waals surface area (Å²) in [6.07, 6.45) is 6.07. The van der Waals surface area contributed by atoms with E-state index in [0.717, 1.165) is 18.4 Å². The van der Waals surface area contributed by atoms with Crippen LogP contribution in [-0.2, 0) is 17.8 Å². The second kappa shape index (κ2) is 6.45. The van der Waals surface area contributed by atoms with Crippen molar-refractivity contribution in [1.82, 2.24) is 9.55 Å². The van der Waals surface area contributed by atoms with Gasteiger partial charge in [-0.25, -0.2) is 0 Å². The van der Waals surface area contributed by atoms with Gasteiger partial charge in [-0.2, -0.15) is 0 Å². The van der Waals surface area contributed by atoms with Crippen LogP contribution < -0.4 is 16.0 Å². The van der Waals surface area contributed by atoms with Crippen LogP contribution in [0.2, 0.25) is 0 Å². The van der Waals surface area contributed by atoms with Gasteiger partial charge in [0.1, 0.15) is 12.3 Å². The average molecular weight is 343 g/mol. The second-order valence-electron chi connectivity index (χ2n) is 5.57. The number of hydrogen-bond donors (Lipinski definition) is 2. The van der Waals surface area contributed by atoms with E-state index in [1.54, 1.807) is 7.11 Å². The molecular weight excluding hydrogens is 326 g/mol. The molecule has 0 atom stereocenters. The highest BCUT2D eigenvalue weighted by atomic mass is 32.1. The lowest BCUT2D eigenvalue weighted by atomic mass is 9.93. The Bertz CT molecular complexity index is 957. The van der Waals surface area contributed by atoms with E-state index < -0.39 is 5.91 Å². The molecule has 124 valence electrons. The minimum Gasteiger partial charge on any atom is -0.496 e. The van der Waals surface area contributed by atoms with Gasteiger partial charge in [0.15, 0.2) is 4.77 Å². The third kappa shape index (κ3) is 3.03. The first-order valence-corrected chi connectivity index (χ1v) is 7.90. The smallest absolute Gasteiger partial charge is 0.252 e. The Morgan fingerprint density at radius 3 is 2.92 bits per heavy atom. The Morgan fingerprint density at radius 1 is 1.42 bits per heavy atom. The van der Waals surface area contributed by atoms with Gasteiger partial charge in [0.2, 0.25) is 5.91 Å². The van der Waals surface area contributed by atoms with Crippen molar-refractivity contribution in [2.75, 3.05) is 7.11 Å². The van der Waals surface area contributed by atoms with Crippen molar-refractivity contribution < 1.29 is 9.53 Å². The normalized spacial score (nSPS) is 12.7. The molecule has 2 aromatic rings. The predicted octanol–water partition coefficient (Wildman–Crippen LogP) is 2.03. The molecule has 6 nitrogen and oxygen atoms in total. The topological polar surface area (TPSA) is 90.1 Å². The summed E-state index contributed by atoms with van der Waals surface area (Å²) in [4.78, 5) is 25.8. The lowest BCUT2D eigenvalue weighted by Crippen LogP contribution is -2.23. The van der Waals surface area contributed by atoms with Gasteiger partial charge in [-0.1, -0.05) is 12.2 Å². The molecule has 1 amide bonds. The number of allylic oxidation sites excluding steroid dienone is 1. The van der Waals surface area contributed by atoms with Gasteiger partial charge in [-0.3, -0.25) is 14.6 Å². The van der Waals surface area contributed by atoms with Gasteiger partial charge in [0, 0.05) is 11.6 Å². The van der Waals surface area contributed by atoms with Crippen LogP contribution in [0.15, 0.2) is 29.1 Å². The maximum Gasteiger partial charge on any atom is 0.252 e. The van der Waals surface area contributed by atoms with Crippen LogP contribution in [0.1, 0.15) is 17.5 Å². The van der Waals surface area contributed by atoms with Crippen molar-refractivity contribution >= 4 is 24.2 Å². The number of nitrogens with one attached hydrogen (secondary N) is 1. The van der Waals surface area contributed by atoms with E-state index in [0.29, 0.717) is 17.0 Å². The van der Waals surface area contributed by atoms with E-state index in [1.807, 2.05) is 18.2 Å². The van der Waals surface area contributed by atoms with Gasteiger partial charge in [0.25, 0.3) is 5.56 Å². The number of amides is 1. The van der Waals surface area contributed by atoms with Gasteiger partial charge >= 0.3 is 0 Å². The number of methoxy groups -OCH3 is 1. The number of primary amides is 1. The molecule has 1 aromatic heterocycles. The van der Waals surface area contributed by atoms with E-state index in [2.05, 4.69) is 11.1 Å². The summed E-state index contributed by atoms with van der Waals surface area (Å²) in [5.41, 5.74) is 8.42. The first kappa shape index (κ1) is 16.2. The molecule has 0 bridgehead atoms. The van der Waals surface area contributed by atoms with Crippen LogP contribution in [0.5, 0.6) is 5.75 Å². The van der Waals surface area contributed by atoms with Gasteiger partial charge in [0.05, 0.1) is 12.8 Å². The van der Waals surface area contributed by atoms with Crippen LogP contribution in [0.25, 0.3) is 17.3 Å². The van der Waals surface area contributed by atoms with E-state index in [4.69, 9.17) is 22.7 Å². The van der Waals surface area contributed by atoms with Gasteiger partial charge in [-0.05, 0) is 48.3 Å². The van der Waals surface area contributed by atoms with Crippen molar-refractivity contribution in [3.8, 4) is 17.0 Å². The highest BCUT2D eigenvalue weighted by Gasteiger charge is 2.17. The van der Waals surface area contributed by atoms with Crippen LogP contribution in [0.4, 0.5) is 0 Å². The second-order valence-corrected chi connectivity index (χ2v) is 5.96. The number of carbonyl (C=O) groups excluding carboxylic acids is 1. The molecular formula is C17H17N3O3S. The van der Waals surface area contributed by atoms with E-state index >= 15 is 0 Å². The van der Waals surface area contributed by atoms with Crippen molar-refractivity contribution in [2.45, 2.75) is 19.4 Å². The molecule has 24 heavy (non-hydrogen) atoms. The molecule has 3 rings (SSSR count). The molecule has 0 fully saturated rings. The third-order valence-electron chi connectivity index (χ3n) is 3.96. The molecule has 1 aliphatic carbocycles. The first-order chi connectivity index (χ1) is 11.5. The molecule has 1 heterocycles. The molecule has 3 N–H and O–H groups in total. The number of nitrogens with two attached hydrogens (primary N) is 1. The molecule has 0 saturated carbocycles. The lowest BCUT2D eigenvalue weighted by Gasteiger charge is -2.18. The van der Waals surface area contributed by atoms with Crippen molar-refractivity contribution in [1.29, 1.82) is 0 Å². The van der Waals surface area contributed by atoms with Gasteiger partial charge in [-0.15, -0.1) is 0 Å². The van der Waals surface area contributed by atoms with Gasteiger partial charge < -0.3 is 15.0 Å². The zero-order valence-corrected chi connectivity index (χ0v) is 14.0. The summed E-state index contributed by atoms with van der Waals surface area (Å²) in [5, 5.41) is 0. The quantitative estimate of drug-likeness (QED) is 0.831. The average Bonchev–Trinajstić information content (AvgIpc) is 2.55. The molecule has 7 heteroatoms. The highest BCUT2D eigenvalue weighted by Crippen LogP contribution is 2.34. The number of nitrogens with zero attached hydrogens (tertiary/aromatic N) is 1. The van der Waals surface area contributed by atoms with Crippen molar-refractivity contribution in [3.05, 3.63) is 50.5 Å². The highest BCUT2D eigenvalue weighted by molar-refractivity contribution is 7.71. The Hall–Kier alpha value is -2.67.